The number of nitrogens with two attached hydrogens (primary N) is 1. The monoisotopic (exact) mass is 121 g/mol. The van der Waals surface area contributed by atoms with Gasteiger partial charge >= 0.3 is 0 Å². The van der Waals surface area contributed by atoms with Crippen LogP contribution in [0, 0.1) is 0 Å². The third kappa shape index (κ3) is 2.23. The van der Waals surface area contributed by atoms with Crippen molar-refractivity contribution in [3.8, 4) is 0 Å². The van der Waals surface area contributed by atoms with Gasteiger partial charge in [-0.05, 0) is 0 Å². The summed E-state index contributed by atoms with van der Waals surface area (Å²) in [6, 6.07) is -0.722. The van der Waals surface area contributed by atoms with Gasteiger partial charge in [-0.15, -0.1) is 0 Å². The molecule has 0 aliphatic heterocycles. The Balaban J connectivity index is 3.29. The van der Waals surface area contributed by atoms with Crippen LogP contribution in [-0.4, -0.2) is 40.7 Å². The van der Waals surface area contributed by atoms with E-state index < -0.39 is 18.8 Å². The molecule has 0 aromatic carbocycles. The van der Waals surface area contributed by atoms with E-state index in [-0.39, 0.29) is 6.61 Å². The van der Waals surface area contributed by atoms with Crippen LogP contribution < -0.4 is 5.73 Å². The summed E-state index contributed by atoms with van der Waals surface area (Å²) in [5.74, 6) is 0. The lowest BCUT2D eigenvalue weighted by molar-refractivity contribution is 0.0549. The van der Waals surface area contributed by atoms with Crippen molar-refractivity contribution in [3.63, 3.8) is 0 Å². The van der Waals surface area contributed by atoms with Gasteiger partial charge in [0.05, 0.1) is 25.4 Å². The highest BCUT2D eigenvalue weighted by Gasteiger charge is 2.10. The van der Waals surface area contributed by atoms with Gasteiger partial charge in [-0.2, -0.15) is 0 Å². The highest BCUT2D eigenvalue weighted by molar-refractivity contribution is 4.68. The number of aliphatic hydroxyl groups excluding tert-OH is 3. The molecule has 2 atom stereocenters. The van der Waals surface area contributed by atoms with Crippen molar-refractivity contribution < 1.29 is 15.3 Å². The maximum absolute atomic E-state index is 8.59. The van der Waals surface area contributed by atoms with Crippen LogP contribution in [-0.2, 0) is 0 Å². The van der Waals surface area contributed by atoms with Crippen LogP contribution in [0.2, 0.25) is 0 Å². The summed E-state index contributed by atoms with van der Waals surface area (Å²) in [5, 5.41) is 25.0. The van der Waals surface area contributed by atoms with E-state index in [1.165, 1.54) is 0 Å². The van der Waals surface area contributed by atoms with Gasteiger partial charge in [-0.1, -0.05) is 0 Å². The second-order valence-electron chi connectivity index (χ2n) is 1.60. The molecule has 0 aromatic heterocycles. The largest absolute Gasteiger partial charge is 0.395 e. The van der Waals surface area contributed by atoms with Crippen LogP contribution in [0.4, 0.5) is 0 Å². The maximum Gasteiger partial charge on any atom is 0.0943 e. The van der Waals surface area contributed by atoms with Crippen LogP contribution in [0.1, 0.15) is 0 Å². The van der Waals surface area contributed by atoms with Crippen LogP contribution in [0.5, 0.6) is 0 Å². The Hall–Kier alpha value is -0.160. The Labute approximate surface area is 47.6 Å². The van der Waals surface area contributed by atoms with Gasteiger partial charge in [0.15, 0.2) is 0 Å². The first-order chi connectivity index (χ1) is 3.72. The van der Waals surface area contributed by atoms with E-state index in [1.807, 2.05) is 0 Å². The molecule has 0 bridgehead atoms. The molecule has 5 N–H and O–H groups in total. The molecule has 8 heavy (non-hydrogen) atoms. The summed E-state index contributed by atoms with van der Waals surface area (Å²) in [7, 11) is 0. The maximum atomic E-state index is 8.59. The summed E-state index contributed by atoms with van der Waals surface area (Å²) in [5.41, 5.74) is 5.07. The van der Waals surface area contributed by atoms with E-state index >= 15 is 0 Å². The second kappa shape index (κ2) is 3.80. The summed E-state index contributed by atoms with van der Waals surface area (Å²) in [4.78, 5) is 0. The standard InChI is InChI=1S/C4H11NO3/c5-3(1-6)4(8)2-7/h3-4,6-8H,1-2,5H2/t3?,4-/m1/s1. The normalized spacial score (nSPS) is 18.0. The zero-order valence-electron chi connectivity index (χ0n) is 4.49. The van der Waals surface area contributed by atoms with Crippen LogP contribution in [0.3, 0.4) is 0 Å². The summed E-state index contributed by atoms with van der Waals surface area (Å²) >= 11 is 0. The average Bonchev–Trinajstić information content (AvgIpc) is 1.84. The lowest BCUT2D eigenvalue weighted by atomic mass is 10.2. The Morgan fingerprint density at radius 2 is 1.75 bits per heavy atom. The quantitative estimate of drug-likeness (QED) is 0.337. The molecule has 0 aromatic rings. The number of rotatable bonds is 3. The van der Waals surface area contributed by atoms with Crippen molar-refractivity contribution in [2.45, 2.75) is 12.1 Å². The van der Waals surface area contributed by atoms with Crippen molar-refractivity contribution in [3.05, 3.63) is 0 Å². The van der Waals surface area contributed by atoms with E-state index in [0.29, 0.717) is 0 Å². The molecule has 0 radical (unpaired) electrons. The molecule has 4 heteroatoms. The first-order valence-corrected chi connectivity index (χ1v) is 2.37. The van der Waals surface area contributed by atoms with E-state index in [1.54, 1.807) is 0 Å². The van der Waals surface area contributed by atoms with Crippen LogP contribution in [0.15, 0.2) is 0 Å². The minimum Gasteiger partial charge on any atom is -0.395 e. The fourth-order valence-electron chi connectivity index (χ4n) is 0.257. The van der Waals surface area contributed by atoms with Crippen molar-refractivity contribution in [2.24, 2.45) is 5.73 Å². The SMILES string of the molecule is NC(CO)[C@H](O)CO. The zero-order valence-corrected chi connectivity index (χ0v) is 4.49. The number of hydrogen-bond donors (Lipinski definition) is 4. The molecule has 4 nitrogen and oxygen atoms in total. The lowest BCUT2D eigenvalue weighted by Gasteiger charge is -2.12. The molecular formula is C4H11NO3. The Morgan fingerprint density at radius 3 is 1.88 bits per heavy atom. The minimum atomic E-state index is -1.00. The van der Waals surface area contributed by atoms with Gasteiger partial charge < -0.3 is 21.1 Å². The van der Waals surface area contributed by atoms with Gasteiger partial charge in [0.2, 0.25) is 0 Å². The third-order valence-corrected chi connectivity index (χ3v) is 0.892. The predicted octanol–water partition coefficient (Wildman–Crippen LogP) is -2.34. The highest BCUT2D eigenvalue weighted by atomic mass is 16.3. The fourth-order valence-corrected chi connectivity index (χ4v) is 0.257. The molecule has 0 aliphatic carbocycles. The minimum absolute atomic E-state index is 0.304. The highest BCUT2D eigenvalue weighted by Crippen LogP contribution is 1.84. The van der Waals surface area contributed by atoms with Crippen LogP contribution in [0.25, 0.3) is 0 Å². The van der Waals surface area contributed by atoms with E-state index in [4.69, 9.17) is 21.1 Å². The average molecular weight is 121 g/mol. The Morgan fingerprint density at radius 1 is 1.25 bits per heavy atom. The van der Waals surface area contributed by atoms with Gasteiger partial charge in [-0.3, -0.25) is 0 Å². The van der Waals surface area contributed by atoms with Crippen molar-refractivity contribution >= 4 is 0 Å². The fraction of sp³-hybridized carbons (Fsp3) is 1.00. The number of aliphatic hydroxyl groups is 3. The van der Waals surface area contributed by atoms with Gasteiger partial charge in [0.1, 0.15) is 0 Å². The molecule has 0 aliphatic rings. The first-order valence-electron chi connectivity index (χ1n) is 2.37. The van der Waals surface area contributed by atoms with Gasteiger partial charge in [-0.25, -0.2) is 0 Å². The predicted molar refractivity (Wildman–Crippen MR) is 28.2 cm³/mol. The smallest absolute Gasteiger partial charge is 0.0943 e. The van der Waals surface area contributed by atoms with Gasteiger partial charge in [0.25, 0.3) is 0 Å². The molecule has 0 amide bonds. The van der Waals surface area contributed by atoms with E-state index in [2.05, 4.69) is 0 Å². The molecule has 0 spiro atoms. The first kappa shape index (κ1) is 7.84. The topological polar surface area (TPSA) is 86.7 Å². The zero-order chi connectivity index (χ0) is 6.57. The molecule has 0 saturated heterocycles. The molecule has 0 rings (SSSR count). The Kier molecular flexibility index (Phi) is 3.72. The Bertz CT molecular complexity index is 51.2. The molecule has 0 saturated carbocycles. The van der Waals surface area contributed by atoms with E-state index in [9.17, 15) is 0 Å². The molecule has 0 heterocycles. The molecule has 50 valence electrons. The summed E-state index contributed by atoms with van der Waals surface area (Å²) in [6.45, 7) is -0.705. The van der Waals surface area contributed by atoms with Crippen molar-refractivity contribution in [1.29, 1.82) is 0 Å². The summed E-state index contributed by atoms with van der Waals surface area (Å²) in [6.07, 6.45) is -1.00. The molecule has 1 unspecified atom stereocenters. The second-order valence-corrected chi connectivity index (χ2v) is 1.60. The summed E-state index contributed by atoms with van der Waals surface area (Å²) < 4.78 is 0. The van der Waals surface area contributed by atoms with E-state index in [0.717, 1.165) is 0 Å². The third-order valence-electron chi connectivity index (χ3n) is 0.892. The van der Waals surface area contributed by atoms with Gasteiger partial charge in [0, 0.05) is 0 Å². The molecular weight excluding hydrogens is 110 g/mol. The number of hydrogen-bond acceptors (Lipinski definition) is 4. The van der Waals surface area contributed by atoms with Crippen molar-refractivity contribution in [1.82, 2.24) is 0 Å². The molecule has 0 fully saturated rings. The lowest BCUT2D eigenvalue weighted by Crippen LogP contribution is -2.39. The van der Waals surface area contributed by atoms with Crippen molar-refractivity contribution in [2.75, 3.05) is 13.2 Å². The van der Waals surface area contributed by atoms with Crippen LogP contribution >= 0.6 is 0 Å².